The van der Waals surface area contributed by atoms with Gasteiger partial charge in [-0.3, -0.25) is 0 Å². The van der Waals surface area contributed by atoms with Gasteiger partial charge in [0.25, 0.3) is 0 Å². The fourth-order valence-corrected chi connectivity index (χ4v) is 2.47. The lowest BCUT2D eigenvalue weighted by molar-refractivity contribution is 0.461. The smallest absolute Gasteiger partial charge is 0.0438 e. The van der Waals surface area contributed by atoms with E-state index in [0.717, 1.165) is 0 Å². The molecule has 1 heteroatoms. The van der Waals surface area contributed by atoms with Gasteiger partial charge in [-0.2, -0.15) is 0 Å². The summed E-state index contributed by atoms with van der Waals surface area (Å²) in [6.07, 6.45) is 5.01. The number of hydrogen-bond acceptors (Lipinski definition) is 1. The first-order valence-corrected chi connectivity index (χ1v) is 6.53. The number of aryl methyl sites for hydroxylation is 1. The molecule has 0 radical (unpaired) electrons. The first-order valence-electron chi connectivity index (χ1n) is 6.53. The molecule has 1 N–H and O–H groups in total. The Labute approximate surface area is 99.3 Å². The second-order valence-corrected chi connectivity index (χ2v) is 5.33. The second kappa shape index (κ2) is 4.58. The Bertz CT molecular complexity index is 333. The van der Waals surface area contributed by atoms with E-state index in [-0.39, 0.29) is 0 Å². The Kier molecular flexibility index (Phi) is 3.34. The summed E-state index contributed by atoms with van der Waals surface area (Å²) in [5, 5.41) is 3.70. The molecule has 1 aromatic carbocycles. The van der Waals surface area contributed by atoms with Crippen molar-refractivity contribution in [2.45, 2.75) is 58.0 Å². The highest BCUT2D eigenvalue weighted by atomic mass is 15.0. The van der Waals surface area contributed by atoms with Crippen LogP contribution in [0.5, 0.6) is 0 Å². The number of rotatable bonds is 5. The first kappa shape index (κ1) is 11.7. The zero-order chi connectivity index (χ0) is 11.6. The molecular formula is C15H23N. The van der Waals surface area contributed by atoms with Crippen LogP contribution in [-0.2, 0) is 12.0 Å². The molecule has 0 bridgehead atoms. The van der Waals surface area contributed by atoms with Gasteiger partial charge in [-0.05, 0) is 30.4 Å². The minimum atomic E-state index is 0.304. The maximum absolute atomic E-state index is 3.70. The molecule has 1 fully saturated rings. The number of hydrogen-bond donors (Lipinski definition) is 1. The normalized spacial score (nSPS) is 17.8. The largest absolute Gasteiger partial charge is 0.305 e. The Morgan fingerprint density at radius 3 is 2.25 bits per heavy atom. The zero-order valence-corrected chi connectivity index (χ0v) is 10.7. The van der Waals surface area contributed by atoms with Crippen LogP contribution in [0.15, 0.2) is 24.3 Å². The number of benzene rings is 1. The highest BCUT2D eigenvalue weighted by molar-refractivity contribution is 5.33. The molecule has 2 rings (SSSR count). The molecule has 16 heavy (non-hydrogen) atoms. The predicted molar refractivity (Wildman–Crippen MR) is 69.6 cm³/mol. The van der Waals surface area contributed by atoms with Crippen molar-refractivity contribution in [1.82, 2.24) is 5.32 Å². The maximum atomic E-state index is 3.70. The molecule has 0 amide bonds. The monoisotopic (exact) mass is 217 g/mol. The minimum absolute atomic E-state index is 0.304. The van der Waals surface area contributed by atoms with Crippen LogP contribution in [-0.4, -0.2) is 6.04 Å². The zero-order valence-electron chi connectivity index (χ0n) is 10.7. The van der Waals surface area contributed by atoms with Gasteiger partial charge < -0.3 is 5.32 Å². The molecule has 1 nitrogen and oxygen atoms in total. The SMILES string of the molecule is CCCc1ccc(C2(NC(C)C)CC2)cc1. The van der Waals surface area contributed by atoms with Crippen molar-refractivity contribution in [3.63, 3.8) is 0 Å². The minimum Gasteiger partial charge on any atom is -0.305 e. The molecule has 0 aliphatic heterocycles. The molecule has 0 spiro atoms. The molecule has 1 aliphatic rings. The van der Waals surface area contributed by atoms with E-state index in [4.69, 9.17) is 0 Å². The van der Waals surface area contributed by atoms with Crippen LogP contribution in [0.3, 0.4) is 0 Å². The third-order valence-electron chi connectivity index (χ3n) is 3.36. The molecule has 1 saturated carbocycles. The molecule has 0 unspecified atom stereocenters. The second-order valence-electron chi connectivity index (χ2n) is 5.33. The fourth-order valence-electron chi connectivity index (χ4n) is 2.47. The maximum Gasteiger partial charge on any atom is 0.0438 e. The lowest BCUT2D eigenvalue weighted by atomic mass is 10.0. The molecule has 0 saturated heterocycles. The third kappa shape index (κ3) is 2.46. The quantitative estimate of drug-likeness (QED) is 0.794. The average Bonchev–Trinajstić information content (AvgIpc) is 2.99. The van der Waals surface area contributed by atoms with E-state index in [1.165, 1.54) is 36.8 Å². The average molecular weight is 217 g/mol. The van der Waals surface area contributed by atoms with E-state index < -0.39 is 0 Å². The summed E-state index contributed by atoms with van der Waals surface area (Å²) in [5.74, 6) is 0. The summed E-state index contributed by atoms with van der Waals surface area (Å²) in [6, 6.07) is 9.78. The van der Waals surface area contributed by atoms with E-state index in [1.54, 1.807) is 0 Å². The van der Waals surface area contributed by atoms with E-state index >= 15 is 0 Å². The summed E-state index contributed by atoms with van der Waals surface area (Å²) < 4.78 is 0. The van der Waals surface area contributed by atoms with Crippen molar-refractivity contribution in [2.75, 3.05) is 0 Å². The van der Waals surface area contributed by atoms with Crippen LogP contribution in [0.1, 0.15) is 51.2 Å². The summed E-state index contributed by atoms with van der Waals surface area (Å²) in [6.45, 7) is 6.69. The van der Waals surface area contributed by atoms with Gasteiger partial charge in [0, 0.05) is 11.6 Å². The van der Waals surface area contributed by atoms with Crippen molar-refractivity contribution >= 4 is 0 Å². The Balaban J connectivity index is 2.09. The van der Waals surface area contributed by atoms with E-state index in [1.807, 2.05) is 0 Å². The van der Waals surface area contributed by atoms with Crippen LogP contribution in [0, 0.1) is 0 Å². The predicted octanol–water partition coefficient (Wildman–Crippen LogP) is 3.63. The lowest BCUT2D eigenvalue weighted by Gasteiger charge is -2.21. The van der Waals surface area contributed by atoms with E-state index in [2.05, 4.69) is 50.4 Å². The van der Waals surface area contributed by atoms with Crippen molar-refractivity contribution in [3.8, 4) is 0 Å². The Morgan fingerprint density at radius 2 is 1.81 bits per heavy atom. The van der Waals surface area contributed by atoms with Crippen LogP contribution in [0.4, 0.5) is 0 Å². The third-order valence-corrected chi connectivity index (χ3v) is 3.36. The Hall–Kier alpha value is -0.820. The molecule has 1 aromatic rings. The number of nitrogens with one attached hydrogen (secondary N) is 1. The van der Waals surface area contributed by atoms with Gasteiger partial charge in [-0.25, -0.2) is 0 Å². The molecule has 0 atom stereocenters. The standard InChI is InChI=1S/C15H23N/c1-4-5-13-6-8-14(9-7-13)15(10-11-15)16-12(2)3/h6-9,12,16H,4-5,10-11H2,1-3H3. The highest BCUT2D eigenvalue weighted by Gasteiger charge is 2.44. The Morgan fingerprint density at radius 1 is 1.19 bits per heavy atom. The van der Waals surface area contributed by atoms with Crippen LogP contribution in [0.25, 0.3) is 0 Å². The van der Waals surface area contributed by atoms with E-state index in [9.17, 15) is 0 Å². The van der Waals surface area contributed by atoms with Gasteiger partial charge in [-0.1, -0.05) is 51.5 Å². The van der Waals surface area contributed by atoms with Crippen LogP contribution < -0.4 is 5.32 Å². The van der Waals surface area contributed by atoms with Gasteiger partial charge in [0.05, 0.1) is 0 Å². The summed E-state index contributed by atoms with van der Waals surface area (Å²) in [4.78, 5) is 0. The van der Waals surface area contributed by atoms with Crippen molar-refractivity contribution in [3.05, 3.63) is 35.4 Å². The van der Waals surface area contributed by atoms with Crippen molar-refractivity contribution in [2.24, 2.45) is 0 Å². The lowest BCUT2D eigenvalue weighted by Crippen LogP contribution is -2.34. The first-order chi connectivity index (χ1) is 7.66. The molecule has 0 heterocycles. The van der Waals surface area contributed by atoms with Gasteiger partial charge in [0.2, 0.25) is 0 Å². The van der Waals surface area contributed by atoms with Gasteiger partial charge >= 0.3 is 0 Å². The van der Waals surface area contributed by atoms with E-state index in [0.29, 0.717) is 11.6 Å². The van der Waals surface area contributed by atoms with Gasteiger partial charge in [0.1, 0.15) is 0 Å². The van der Waals surface area contributed by atoms with Crippen LogP contribution in [0.2, 0.25) is 0 Å². The molecular weight excluding hydrogens is 194 g/mol. The fraction of sp³-hybridized carbons (Fsp3) is 0.600. The summed E-state index contributed by atoms with van der Waals surface area (Å²) in [7, 11) is 0. The topological polar surface area (TPSA) is 12.0 Å². The van der Waals surface area contributed by atoms with Crippen LogP contribution >= 0.6 is 0 Å². The highest BCUT2D eigenvalue weighted by Crippen LogP contribution is 2.45. The van der Waals surface area contributed by atoms with Gasteiger partial charge in [-0.15, -0.1) is 0 Å². The molecule has 0 aromatic heterocycles. The molecule has 88 valence electrons. The van der Waals surface area contributed by atoms with Crippen molar-refractivity contribution in [1.29, 1.82) is 0 Å². The van der Waals surface area contributed by atoms with Gasteiger partial charge in [0.15, 0.2) is 0 Å². The summed E-state index contributed by atoms with van der Waals surface area (Å²) >= 11 is 0. The van der Waals surface area contributed by atoms with Crippen molar-refractivity contribution < 1.29 is 0 Å². The summed E-state index contributed by atoms with van der Waals surface area (Å²) in [5.41, 5.74) is 3.24. The molecule has 1 aliphatic carbocycles.